The predicted octanol–water partition coefficient (Wildman–Crippen LogP) is 1.92. The van der Waals surface area contributed by atoms with Crippen LogP contribution in [0.2, 0.25) is 0 Å². The van der Waals surface area contributed by atoms with Crippen LogP contribution in [-0.4, -0.2) is 50.1 Å². The van der Waals surface area contributed by atoms with Gasteiger partial charge in [0.2, 0.25) is 0 Å². The number of hydrogen-bond donors (Lipinski definition) is 1. The monoisotopic (exact) mass is 218 g/mol. The Labute approximate surface area is 93.8 Å². The molecule has 0 aliphatic carbocycles. The Hall–Kier alpha value is 0.270. The first kappa shape index (κ1) is 14.3. The highest BCUT2D eigenvalue weighted by Gasteiger charge is 2.14. The molecule has 0 aromatic heterocycles. The third kappa shape index (κ3) is 6.68. The van der Waals surface area contributed by atoms with E-state index in [1.54, 1.807) is 0 Å². The normalized spacial score (nSPS) is 13.9. The van der Waals surface area contributed by atoms with Crippen molar-refractivity contribution in [2.75, 3.05) is 39.2 Å². The molecule has 2 nitrogen and oxygen atoms in total. The number of likely N-dealkylation sites (N-methyl/N-ethyl adjacent to an activating group) is 1. The Morgan fingerprint density at radius 3 is 2.36 bits per heavy atom. The molecule has 0 aromatic carbocycles. The zero-order valence-electron chi connectivity index (χ0n) is 10.3. The van der Waals surface area contributed by atoms with E-state index in [4.69, 9.17) is 0 Å². The summed E-state index contributed by atoms with van der Waals surface area (Å²) in [5.41, 5.74) is 0. The van der Waals surface area contributed by atoms with Crippen molar-refractivity contribution in [1.82, 2.24) is 10.2 Å². The van der Waals surface area contributed by atoms with Crippen LogP contribution in [0.4, 0.5) is 0 Å². The number of nitrogens with zero attached hydrogens (tertiary/aromatic N) is 1. The second-order valence-corrected chi connectivity index (χ2v) is 5.31. The largest absolute Gasteiger partial charge is 0.315 e. The third-order valence-electron chi connectivity index (χ3n) is 2.49. The van der Waals surface area contributed by atoms with Crippen molar-refractivity contribution < 1.29 is 0 Å². The SMILES string of the molecule is CSCCCNCC(C(C)C)N(C)C. The Balaban J connectivity index is 3.52. The molecule has 0 radical (unpaired) electrons. The maximum absolute atomic E-state index is 3.53. The van der Waals surface area contributed by atoms with Crippen molar-refractivity contribution in [3.8, 4) is 0 Å². The van der Waals surface area contributed by atoms with Gasteiger partial charge in [0.1, 0.15) is 0 Å². The first-order valence-corrected chi connectivity index (χ1v) is 6.85. The first-order chi connectivity index (χ1) is 6.59. The van der Waals surface area contributed by atoms with Gasteiger partial charge in [0.05, 0.1) is 0 Å². The van der Waals surface area contributed by atoms with Crippen molar-refractivity contribution in [2.24, 2.45) is 5.92 Å². The fourth-order valence-electron chi connectivity index (χ4n) is 1.61. The molecule has 0 aliphatic rings. The zero-order chi connectivity index (χ0) is 11.0. The lowest BCUT2D eigenvalue weighted by atomic mass is 10.0. The molecule has 0 saturated heterocycles. The summed E-state index contributed by atoms with van der Waals surface area (Å²) in [6.07, 6.45) is 3.44. The van der Waals surface area contributed by atoms with Gasteiger partial charge in [-0.1, -0.05) is 13.8 Å². The number of hydrogen-bond acceptors (Lipinski definition) is 3. The van der Waals surface area contributed by atoms with Crippen LogP contribution >= 0.6 is 11.8 Å². The molecule has 3 heteroatoms. The maximum atomic E-state index is 3.53. The average Bonchev–Trinajstić information content (AvgIpc) is 2.09. The summed E-state index contributed by atoms with van der Waals surface area (Å²) in [5.74, 6) is 1.99. The smallest absolute Gasteiger partial charge is 0.0237 e. The minimum atomic E-state index is 0.657. The Bertz CT molecular complexity index is 118. The molecule has 0 heterocycles. The number of thioether (sulfide) groups is 1. The van der Waals surface area contributed by atoms with E-state index in [1.165, 1.54) is 12.2 Å². The summed E-state index contributed by atoms with van der Waals surface area (Å²) in [6.45, 7) is 6.83. The van der Waals surface area contributed by atoms with Crippen LogP contribution in [0.3, 0.4) is 0 Å². The summed E-state index contributed by atoms with van der Waals surface area (Å²) in [6, 6.07) is 0.657. The lowest BCUT2D eigenvalue weighted by Gasteiger charge is -2.28. The first-order valence-electron chi connectivity index (χ1n) is 5.45. The van der Waals surface area contributed by atoms with E-state index in [2.05, 4.69) is 44.4 Å². The van der Waals surface area contributed by atoms with Gasteiger partial charge in [-0.15, -0.1) is 0 Å². The Morgan fingerprint density at radius 1 is 1.29 bits per heavy atom. The van der Waals surface area contributed by atoms with Crippen molar-refractivity contribution >= 4 is 11.8 Å². The highest BCUT2D eigenvalue weighted by atomic mass is 32.2. The average molecular weight is 218 g/mol. The Kier molecular flexibility index (Phi) is 8.73. The Morgan fingerprint density at radius 2 is 1.93 bits per heavy atom. The van der Waals surface area contributed by atoms with E-state index in [1.807, 2.05) is 11.8 Å². The molecular weight excluding hydrogens is 192 g/mol. The van der Waals surface area contributed by atoms with Gasteiger partial charge in [-0.25, -0.2) is 0 Å². The van der Waals surface area contributed by atoms with Crippen LogP contribution in [0.5, 0.6) is 0 Å². The second-order valence-electron chi connectivity index (χ2n) is 4.33. The van der Waals surface area contributed by atoms with Crippen molar-refractivity contribution in [3.63, 3.8) is 0 Å². The van der Waals surface area contributed by atoms with E-state index >= 15 is 0 Å². The molecule has 0 amide bonds. The number of rotatable bonds is 8. The van der Waals surface area contributed by atoms with Gasteiger partial charge >= 0.3 is 0 Å². The molecule has 0 rings (SSSR count). The summed E-state index contributed by atoms with van der Waals surface area (Å²) in [4.78, 5) is 2.31. The van der Waals surface area contributed by atoms with Crippen molar-refractivity contribution in [3.05, 3.63) is 0 Å². The van der Waals surface area contributed by atoms with Crippen LogP contribution in [0.1, 0.15) is 20.3 Å². The van der Waals surface area contributed by atoms with E-state index < -0.39 is 0 Å². The molecule has 1 unspecified atom stereocenters. The van der Waals surface area contributed by atoms with E-state index in [0.29, 0.717) is 6.04 Å². The van der Waals surface area contributed by atoms with Crippen LogP contribution in [0, 0.1) is 5.92 Å². The fraction of sp³-hybridized carbons (Fsp3) is 1.00. The molecule has 0 saturated carbocycles. The van der Waals surface area contributed by atoms with Crippen molar-refractivity contribution in [2.45, 2.75) is 26.3 Å². The minimum absolute atomic E-state index is 0.657. The standard InChI is InChI=1S/C11H26N2S/c1-10(2)11(13(3)4)9-12-7-6-8-14-5/h10-12H,6-9H2,1-5H3. The zero-order valence-corrected chi connectivity index (χ0v) is 11.2. The van der Waals surface area contributed by atoms with E-state index in [-0.39, 0.29) is 0 Å². The molecular formula is C11H26N2S. The quantitative estimate of drug-likeness (QED) is 0.627. The topological polar surface area (TPSA) is 15.3 Å². The van der Waals surface area contributed by atoms with Gasteiger partial charge < -0.3 is 10.2 Å². The molecule has 1 atom stereocenters. The molecule has 14 heavy (non-hydrogen) atoms. The van der Waals surface area contributed by atoms with Gasteiger partial charge in [0, 0.05) is 12.6 Å². The van der Waals surface area contributed by atoms with E-state index in [0.717, 1.165) is 19.0 Å². The lowest BCUT2D eigenvalue weighted by molar-refractivity contribution is 0.225. The third-order valence-corrected chi connectivity index (χ3v) is 3.19. The van der Waals surface area contributed by atoms with Gasteiger partial charge in [0.15, 0.2) is 0 Å². The summed E-state index contributed by atoms with van der Waals surface area (Å²) >= 11 is 1.92. The lowest BCUT2D eigenvalue weighted by Crippen LogP contribution is -2.41. The summed E-state index contributed by atoms with van der Waals surface area (Å²) in [5, 5.41) is 3.53. The molecule has 86 valence electrons. The van der Waals surface area contributed by atoms with Crippen LogP contribution in [0.25, 0.3) is 0 Å². The second kappa shape index (κ2) is 8.57. The molecule has 0 aliphatic heterocycles. The van der Waals surface area contributed by atoms with Crippen molar-refractivity contribution in [1.29, 1.82) is 0 Å². The van der Waals surface area contributed by atoms with Crippen LogP contribution in [-0.2, 0) is 0 Å². The van der Waals surface area contributed by atoms with E-state index in [9.17, 15) is 0 Å². The summed E-state index contributed by atoms with van der Waals surface area (Å²) < 4.78 is 0. The predicted molar refractivity (Wildman–Crippen MR) is 68.2 cm³/mol. The molecule has 0 aromatic rings. The van der Waals surface area contributed by atoms with Crippen LogP contribution < -0.4 is 5.32 Å². The minimum Gasteiger partial charge on any atom is -0.315 e. The molecule has 1 N–H and O–H groups in total. The van der Waals surface area contributed by atoms with Gasteiger partial charge in [0.25, 0.3) is 0 Å². The maximum Gasteiger partial charge on any atom is 0.0237 e. The number of nitrogens with one attached hydrogen (secondary N) is 1. The highest BCUT2D eigenvalue weighted by Crippen LogP contribution is 2.05. The molecule has 0 spiro atoms. The fourth-order valence-corrected chi connectivity index (χ4v) is 2.04. The van der Waals surface area contributed by atoms with Gasteiger partial charge in [-0.2, -0.15) is 11.8 Å². The van der Waals surface area contributed by atoms with Crippen LogP contribution in [0.15, 0.2) is 0 Å². The highest BCUT2D eigenvalue weighted by molar-refractivity contribution is 7.98. The van der Waals surface area contributed by atoms with Gasteiger partial charge in [-0.3, -0.25) is 0 Å². The summed E-state index contributed by atoms with van der Waals surface area (Å²) in [7, 11) is 4.32. The molecule has 0 bridgehead atoms. The van der Waals surface area contributed by atoms with Gasteiger partial charge in [-0.05, 0) is 45.0 Å². The molecule has 0 fully saturated rings.